The van der Waals surface area contributed by atoms with Gasteiger partial charge in [-0.25, -0.2) is 4.99 Å². The van der Waals surface area contributed by atoms with Crippen LogP contribution in [0.15, 0.2) is 40.7 Å². The Hall–Kier alpha value is -1.64. The summed E-state index contributed by atoms with van der Waals surface area (Å²) in [6.45, 7) is 0. The van der Waals surface area contributed by atoms with E-state index in [0.717, 1.165) is 23.0 Å². The van der Waals surface area contributed by atoms with Crippen LogP contribution >= 0.6 is 32.9 Å². The number of unbranched alkanes of at least 4 members (excludes halogenated alkanes) is 1. The normalized spacial score (nSPS) is 16.9. The number of rotatable bonds is 9. The molecule has 0 radical (unpaired) electrons. The fraction of sp³-hybridized carbons (Fsp3) is 0.400. The quantitative estimate of drug-likeness (QED) is 0.237. The van der Waals surface area contributed by atoms with Crippen molar-refractivity contribution in [3.05, 3.63) is 40.6 Å². The minimum absolute atomic E-state index is 0.000826. The Morgan fingerprint density at radius 3 is 2.96 bits per heavy atom. The second-order valence-corrected chi connectivity index (χ2v) is 10.2. The molecule has 1 aromatic heterocycles. The molecule has 2 aromatic rings. The van der Waals surface area contributed by atoms with Gasteiger partial charge in [0.05, 0.1) is 23.4 Å². The highest BCUT2D eigenvalue weighted by molar-refractivity contribution is 8.77. The number of carbonyl (C=O) groups is 1. The summed E-state index contributed by atoms with van der Waals surface area (Å²) in [5.41, 5.74) is 7.36. The predicted molar refractivity (Wildman–Crippen MR) is 123 cm³/mol. The SMILES string of the molecule is COc1ccc(N=C(N)c2cccs2)cc1NC(=O)CCCCC1CCSS1. The summed E-state index contributed by atoms with van der Waals surface area (Å²) in [4.78, 5) is 17.7. The maximum absolute atomic E-state index is 12.4. The van der Waals surface area contributed by atoms with Crippen molar-refractivity contribution < 1.29 is 9.53 Å². The van der Waals surface area contributed by atoms with Gasteiger partial charge in [0.25, 0.3) is 0 Å². The van der Waals surface area contributed by atoms with Crippen molar-refractivity contribution in [1.29, 1.82) is 0 Å². The van der Waals surface area contributed by atoms with Crippen LogP contribution < -0.4 is 15.8 Å². The van der Waals surface area contributed by atoms with Gasteiger partial charge in [-0.15, -0.1) is 11.3 Å². The van der Waals surface area contributed by atoms with Gasteiger partial charge in [-0.3, -0.25) is 4.79 Å². The molecule has 8 heteroatoms. The average Bonchev–Trinajstić information content (AvgIpc) is 3.39. The molecule has 5 nitrogen and oxygen atoms in total. The smallest absolute Gasteiger partial charge is 0.224 e. The van der Waals surface area contributed by atoms with E-state index in [1.54, 1.807) is 19.2 Å². The van der Waals surface area contributed by atoms with E-state index in [9.17, 15) is 4.79 Å². The molecule has 1 saturated heterocycles. The number of nitrogens with zero attached hydrogens (tertiary/aromatic N) is 1. The van der Waals surface area contributed by atoms with E-state index in [-0.39, 0.29) is 5.91 Å². The highest BCUT2D eigenvalue weighted by Gasteiger charge is 2.16. The molecule has 1 aromatic carbocycles. The fourth-order valence-corrected chi connectivity index (χ4v) is 6.57. The molecule has 3 rings (SSSR count). The highest BCUT2D eigenvalue weighted by Crippen LogP contribution is 2.40. The number of hydrogen-bond acceptors (Lipinski definition) is 6. The number of benzene rings is 1. The number of aliphatic imine (C=N–C) groups is 1. The Labute approximate surface area is 177 Å². The van der Waals surface area contributed by atoms with Crippen molar-refractivity contribution in [2.45, 2.75) is 37.4 Å². The molecule has 0 saturated carbocycles. The molecule has 28 heavy (non-hydrogen) atoms. The van der Waals surface area contributed by atoms with Gasteiger partial charge in [-0.2, -0.15) is 0 Å². The van der Waals surface area contributed by atoms with Crippen LogP contribution in [0, 0.1) is 0 Å². The first-order valence-corrected chi connectivity index (χ1v) is 12.6. The van der Waals surface area contributed by atoms with Crippen molar-refractivity contribution >= 4 is 56.0 Å². The zero-order valence-electron chi connectivity index (χ0n) is 15.8. The molecular weight excluding hydrogens is 410 g/mol. The molecule has 1 amide bonds. The van der Waals surface area contributed by atoms with Gasteiger partial charge >= 0.3 is 0 Å². The minimum Gasteiger partial charge on any atom is -0.495 e. The van der Waals surface area contributed by atoms with Crippen molar-refractivity contribution in [3.8, 4) is 5.75 Å². The molecule has 2 heterocycles. The molecule has 1 aliphatic rings. The summed E-state index contributed by atoms with van der Waals surface area (Å²) in [6, 6.07) is 9.28. The molecule has 1 aliphatic heterocycles. The highest BCUT2D eigenvalue weighted by atomic mass is 33.1. The van der Waals surface area contributed by atoms with E-state index >= 15 is 0 Å². The molecule has 0 bridgehead atoms. The van der Waals surface area contributed by atoms with Crippen molar-refractivity contribution in [3.63, 3.8) is 0 Å². The van der Waals surface area contributed by atoms with E-state index in [1.165, 1.54) is 29.9 Å². The first-order chi connectivity index (χ1) is 13.7. The third kappa shape index (κ3) is 6.18. The maximum atomic E-state index is 12.4. The van der Waals surface area contributed by atoms with Crippen molar-refractivity contribution in [2.75, 3.05) is 18.2 Å². The van der Waals surface area contributed by atoms with Gasteiger partial charge in [-0.05, 0) is 48.9 Å². The number of anilines is 1. The number of hydrogen-bond donors (Lipinski definition) is 2. The lowest BCUT2D eigenvalue weighted by Gasteiger charge is -2.11. The Kier molecular flexibility index (Phi) is 8.12. The summed E-state index contributed by atoms with van der Waals surface area (Å²) in [5.74, 6) is 2.33. The lowest BCUT2D eigenvalue weighted by Crippen LogP contribution is -2.12. The first-order valence-electron chi connectivity index (χ1n) is 9.30. The lowest BCUT2D eigenvalue weighted by atomic mass is 10.1. The molecule has 3 N–H and O–H groups in total. The number of ether oxygens (including phenoxy) is 1. The van der Waals surface area contributed by atoms with E-state index < -0.39 is 0 Å². The van der Waals surface area contributed by atoms with Gasteiger partial charge in [0.15, 0.2) is 0 Å². The van der Waals surface area contributed by atoms with E-state index in [1.807, 2.05) is 45.2 Å². The fourth-order valence-electron chi connectivity index (χ4n) is 2.92. The summed E-state index contributed by atoms with van der Waals surface area (Å²) in [6.07, 6.45) is 4.99. The molecule has 0 aliphatic carbocycles. The number of nitrogens with one attached hydrogen (secondary N) is 1. The number of methoxy groups -OCH3 is 1. The standard InChI is InChI=1S/C20H25N3O2S3/c1-25-17-9-8-14(22-20(21)18-6-4-11-26-18)13-16(17)23-19(24)7-3-2-5-15-10-12-27-28-15/h4,6,8-9,11,13,15H,2-3,5,7,10,12H2,1H3,(H2,21,22)(H,23,24). The summed E-state index contributed by atoms with van der Waals surface area (Å²) < 4.78 is 5.37. The van der Waals surface area contributed by atoms with Gasteiger partial charge in [0, 0.05) is 17.4 Å². The maximum Gasteiger partial charge on any atom is 0.224 e. The predicted octanol–water partition coefficient (Wildman–Crippen LogP) is 5.45. The topological polar surface area (TPSA) is 76.7 Å². The Balaban J connectivity index is 1.57. The van der Waals surface area contributed by atoms with Crippen molar-refractivity contribution in [1.82, 2.24) is 0 Å². The van der Waals surface area contributed by atoms with Crippen LogP contribution in [0.2, 0.25) is 0 Å². The third-order valence-electron chi connectivity index (χ3n) is 4.39. The summed E-state index contributed by atoms with van der Waals surface area (Å²) in [5, 5.41) is 5.68. The largest absolute Gasteiger partial charge is 0.495 e. The van der Waals surface area contributed by atoms with E-state index in [2.05, 4.69) is 10.3 Å². The number of nitrogens with two attached hydrogens (primary N) is 1. The number of amidine groups is 1. The second kappa shape index (κ2) is 10.8. The van der Waals surface area contributed by atoms with Crippen LogP contribution in [-0.2, 0) is 4.79 Å². The summed E-state index contributed by atoms with van der Waals surface area (Å²) >= 11 is 1.54. The van der Waals surface area contributed by atoms with E-state index in [0.29, 0.717) is 29.4 Å². The Morgan fingerprint density at radius 1 is 1.36 bits per heavy atom. The van der Waals surface area contributed by atoms with Crippen LogP contribution in [0.4, 0.5) is 11.4 Å². The van der Waals surface area contributed by atoms with Crippen LogP contribution in [0.3, 0.4) is 0 Å². The molecule has 1 unspecified atom stereocenters. The lowest BCUT2D eigenvalue weighted by molar-refractivity contribution is -0.116. The van der Waals surface area contributed by atoms with Crippen LogP contribution in [0.1, 0.15) is 37.0 Å². The number of thiophene rings is 1. The monoisotopic (exact) mass is 435 g/mol. The first kappa shape index (κ1) is 21.1. The Bertz CT molecular complexity index is 803. The van der Waals surface area contributed by atoms with Crippen LogP contribution in [0.5, 0.6) is 5.75 Å². The number of carbonyl (C=O) groups excluding carboxylic acids is 1. The molecule has 1 atom stereocenters. The van der Waals surface area contributed by atoms with Crippen LogP contribution in [-0.4, -0.2) is 29.9 Å². The third-order valence-corrected chi connectivity index (χ3v) is 8.29. The minimum atomic E-state index is -0.000826. The van der Waals surface area contributed by atoms with Gasteiger partial charge in [0.2, 0.25) is 5.91 Å². The Morgan fingerprint density at radius 2 is 2.25 bits per heavy atom. The molecule has 150 valence electrons. The average molecular weight is 436 g/mol. The molecule has 0 spiro atoms. The second-order valence-electron chi connectivity index (χ2n) is 6.48. The number of amides is 1. The van der Waals surface area contributed by atoms with Crippen LogP contribution in [0.25, 0.3) is 0 Å². The zero-order chi connectivity index (χ0) is 19.8. The molecule has 1 fully saturated rings. The van der Waals surface area contributed by atoms with Gasteiger partial charge in [-0.1, -0.05) is 34.1 Å². The van der Waals surface area contributed by atoms with Gasteiger partial charge in [0.1, 0.15) is 11.6 Å². The molecular formula is C20H25N3O2S3. The van der Waals surface area contributed by atoms with E-state index in [4.69, 9.17) is 10.5 Å². The van der Waals surface area contributed by atoms with Crippen molar-refractivity contribution in [2.24, 2.45) is 10.7 Å². The summed E-state index contributed by atoms with van der Waals surface area (Å²) in [7, 11) is 5.54. The zero-order valence-corrected chi connectivity index (χ0v) is 18.3. The van der Waals surface area contributed by atoms with Gasteiger partial charge < -0.3 is 15.8 Å².